The molecule has 2 aromatic rings. The van der Waals surface area contributed by atoms with E-state index in [0.717, 1.165) is 43.7 Å². The molecule has 0 unspecified atom stereocenters. The SMILES string of the molecule is Cc1nc2n(c(=O)c1CCN1CCC(N3COc4cc(F)ccc43)CC1)CCCC2=O. The topological polar surface area (TPSA) is 67.7 Å². The molecule has 8 heteroatoms. The van der Waals surface area contributed by atoms with Gasteiger partial charge in [0.2, 0.25) is 0 Å². The number of carbonyl (C=O) groups excluding carboxylic acids is 1. The van der Waals surface area contributed by atoms with Crippen molar-refractivity contribution >= 4 is 11.5 Å². The Morgan fingerprint density at radius 2 is 2.00 bits per heavy atom. The van der Waals surface area contributed by atoms with Gasteiger partial charge in [0, 0.05) is 56.0 Å². The van der Waals surface area contributed by atoms with Gasteiger partial charge in [-0.15, -0.1) is 0 Å². The Labute approximate surface area is 180 Å². The second-order valence-corrected chi connectivity index (χ2v) is 8.66. The van der Waals surface area contributed by atoms with Crippen molar-refractivity contribution in [3.8, 4) is 5.75 Å². The Balaban J connectivity index is 1.21. The third kappa shape index (κ3) is 3.73. The van der Waals surface area contributed by atoms with Crippen LogP contribution in [-0.4, -0.2) is 52.6 Å². The minimum absolute atomic E-state index is 0.0322. The van der Waals surface area contributed by atoms with Gasteiger partial charge in [-0.3, -0.25) is 14.2 Å². The molecule has 0 spiro atoms. The summed E-state index contributed by atoms with van der Waals surface area (Å²) in [6, 6.07) is 5.10. The van der Waals surface area contributed by atoms with Gasteiger partial charge in [0.15, 0.2) is 18.3 Å². The minimum atomic E-state index is -0.275. The van der Waals surface area contributed by atoms with Crippen molar-refractivity contribution in [3.63, 3.8) is 0 Å². The molecular formula is C23H27FN4O3. The molecule has 0 bridgehead atoms. The highest BCUT2D eigenvalue weighted by molar-refractivity contribution is 5.93. The first-order valence-corrected chi connectivity index (χ1v) is 11.1. The van der Waals surface area contributed by atoms with Crippen molar-refractivity contribution in [1.82, 2.24) is 14.5 Å². The number of fused-ring (bicyclic) bond motifs is 2. The molecule has 0 N–H and O–H groups in total. The van der Waals surface area contributed by atoms with Gasteiger partial charge < -0.3 is 14.5 Å². The molecule has 7 nitrogen and oxygen atoms in total. The zero-order valence-corrected chi connectivity index (χ0v) is 17.8. The van der Waals surface area contributed by atoms with Gasteiger partial charge in [0.1, 0.15) is 11.6 Å². The lowest BCUT2D eigenvalue weighted by molar-refractivity contribution is 0.0945. The summed E-state index contributed by atoms with van der Waals surface area (Å²) in [5.41, 5.74) is 2.32. The number of aromatic nitrogens is 2. The third-order valence-electron chi connectivity index (χ3n) is 6.77. The highest BCUT2D eigenvalue weighted by Crippen LogP contribution is 2.37. The van der Waals surface area contributed by atoms with E-state index in [2.05, 4.69) is 14.8 Å². The average molecular weight is 426 g/mol. The van der Waals surface area contributed by atoms with E-state index in [4.69, 9.17) is 4.74 Å². The van der Waals surface area contributed by atoms with E-state index in [0.29, 0.717) is 55.8 Å². The number of nitrogens with zero attached hydrogens (tertiary/aromatic N) is 4. The smallest absolute Gasteiger partial charge is 0.257 e. The molecule has 1 aromatic carbocycles. The molecule has 1 fully saturated rings. The Bertz CT molecular complexity index is 1080. The zero-order valence-electron chi connectivity index (χ0n) is 17.8. The molecule has 0 saturated carbocycles. The maximum atomic E-state index is 13.4. The van der Waals surface area contributed by atoms with Crippen molar-refractivity contribution in [3.05, 3.63) is 51.5 Å². The Morgan fingerprint density at radius 1 is 1.19 bits per heavy atom. The van der Waals surface area contributed by atoms with Crippen molar-refractivity contribution in [2.45, 2.75) is 51.6 Å². The summed E-state index contributed by atoms with van der Waals surface area (Å²) in [4.78, 5) is 34.1. The van der Waals surface area contributed by atoms with Crippen LogP contribution in [0, 0.1) is 12.7 Å². The van der Waals surface area contributed by atoms with Crippen LogP contribution >= 0.6 is 0 Å². The number of benzene rings is 1. The van der Waals surface area contributed by atoms with Crippen LogP contribution < -0.4 is 15.2 Å². The standard InChI is InChI=1S/C23H27FN4O3/c1-15-18(23(30)27-9-2-3-20(29)22(27)25-15)8-12-26-10-6-17(7-11-26)28-14-31-21-13-16(24)4-5-19(21)28/h4-5,13,17H,2-3,6-12,14H2,1H3. The lowest BCUT2D eigenvalue weighted by Gasteiger charge is -2.37. The van der Waals surface area contributed by atoms with Gasteiger partial charge in [-0.2, -0.15) is 0 Å². The van der Waals surface area contributed by atoms with Gasteiger partial charge in [0.25, 0.3) is 5.56 Å². The molecule has 1 saturated heterocycles. The van der Waals surface area contributed by atoms with E-state index in [1.54, 1.807) is 10.6 Å². The Hall–Kier alpha value is -2.74. The molecule has 5 rings (SSSR count). The molecule has 3 aliphatic rings. The van der Waals surface area contributed by atoms with E-state index in [1.165, 1.54) is 12.1 Å². The number of ketones is 1. The second kappa shape index (κ2) is 8.07. The van der Waals surface area contributed by atoms with Gasteiger partial charge in [0.05, 0.1) is 5.69 Å². The highest BCUT2D eigenvalue weighted by atomic mass is 19.1. The lowest BCUT2D eigenvalue weighted by atomic mass is 10.0. The van der Waals surface area contributed by atoms with Crippen LogP contribution in [0.3, 0.4) is 0 Å². The maximum absolute atomic E-state index is 13.4. The van der Waals surface area contributed by atoms with Crippen LogP contribution in [-0.2, 0) is 13.0 Å². The van der Waals surface area contributed by atoms with E-state index < -0.39 is 0 Å². The number of aryl methyl sites for hydroxylation is 1. The largest absolute Gasteiger partial charge is 0.471 e. The fourth-order valence-corrected chi connectivity index (χ4v) is 4.99. The molecule has 0 amide bonds. The fourth-order valence-electron chi connectivity index (χ4n) is 4.99. The number of ether oxygens (including phenoxy) is 1. The number of Topliss-reactive ketones (excluding diaryl/α,β-unsaturated/α-hetero) is 1. The van der Waals surface area contributed by atoms with Gasteiger partial charge in [-0.05, 0) is 44.7 Å². The lowest BCUT2D eigenvalue weighted by Crippen LogP contribution is -2.45. The van der Waals surface area contributed by atoms with E-state index in [-0.39, 0.29) is 17.2 Å². The number of carbonyl (C=O) groups is 1. The maximum Gasteiger partial charge on any atom is 0.257 e. The molecular weight excluding hydrogens is 399 g/mol. The van der Waals surface area contributed by atoms with E-state index in [1.807, 2.05) is 6.92 Å². The molecule has 3 aliphatic heterocycles. The third-order valence-corrected chi connectivity index (χ3v) is 6.77. The van der Waals surface area contributed by atoms with Crippen LogP contribution in [0.1, 0.15) is 47.6 Å². The Morgan fingerprint density at radius 3 is 2.81 bits per heavy atom. The monoisotopic (exact) mass is 426 g/mol. The summed E-state index contributed by atoms with van der Waals surface area (Å²) in [6.07, 6.45) is 3.82. The molecule has 31 heavy (non-hydrogen) atoms. The number of likely N-dealkylation sites (tertiary alicyclic amines) is 1. The predicted octanol–water partition coefficient (Wildman–Crippen LogP) is 2.53. The first-order valence-electron chi connectivity index (χ1n) is 11.1. The summed E-state index contributed by atoms with van der Waals surface area (Å²) in [5.74, 6) is 0.640. The molecule has 0 aliphatic carbocycles. The zero-order chi connectivity index (χ0) is 21.5. The number of hydrogen-bond acceptors (Lipinski definition) is 6. The first-order chi connectivity index (χ1) is 15.0. The first kappa shape index (κ1) is 20.2. The summed E-state index contributed by atoms with van der Waals surface area (Å²) < 4.78 is 20.7. The average Bonchev–Trinajstić information content (AvgIpc) is 3.18. The fraction of sp³-hybridized carbons (Fsp3) is 0.522. The number of rotatable bonds is 4. The molecule has 164 valence electrons. The molecule has 4 heterocycles. The van der Waals surface area contributed by atoms with Crippen molar-refractivity contribution in [1.29, 1.82) is 0 Å². The second-order valence-electron chi connectivity index (χ2n) is 8.66. The van der Waals surface area contributed by atoms with Crippen LogP contribution in [0.15, 0.2) is 23.0 Å². The molecule has 1 aromatic heterocycles. The number of piperidine rings is 1. The molecule has 0 radical (unpaired) electrons. The highest BCUT2D eigenvalue weighted by Gasteiger charge is 2.31. The van der Waals surface area contributed by atoms with Crippen molar-refractivity contribution < 1.29 is 13.9 Å². The summed E-state index contributed by atoms with van der Waals surface area (Å²) in [5, 5.41) is 0. The Kier molecular flexibility index (Phi) is 5.25. The quantitative estimate of drug-likeness (QED) is 0.749. The van der Waals surface area contributed by atoms with E-state index in [9.17, 15) is 14.0 Å². The van der Waals surface area contributed by atoms with E-state index >= 15 is 0 Å². The van der Waals surface area contributed by atoms with Crippen LogP contribution in [0.2, 0.25) is 0 Å². The van der Waals surface area contributed by atoms with Crippen molar-refractivity contribution in [2.24, 2.45) is 0 Å². The predicted molar refractivity (Wildman–Crippen MR) is 114 cm³/mol. The van der Waals surface area contributed by atoms with Gasteiger partial charge in [-0.1, -0.05) is 0 Å². The number of anilines is 1. The van der Waals surface area contributed by atoms with Crippen LogP contribution in [0.4, 0.5) is 10.1 Å². The van der Waals surface area contributed by atoms with Gasteiger partial charge in [-0.25, -0.2) is 9.37 Å². The number of hydrogen-bond donors (Lipinski definition) is 0. The normalized spacial score (nSPS) is 19.3. The summed E-state index contributed by atoms with van der Waals surface area (Å²) >= 11 is 0. The van der Waals surface area contributed by atoms with Crippen LogP contribution in [0.25, 0.3) is 0 Å². The van der Waals surface area contributed by atoms with Crippen molar-refractivity contribution in [2.75, 3.05) is 31.3 Å². The summed E-state index contributed by atoms with van der Waals surface area (Å²) in [7, 11) is 0. The minimum Gasteiger partial charge on any atom is -0.471 e. The summed E-state index contributed by atoms with van der Waals surface area (Å²) in [6.45, 7) is 5.56. The number of halogens is 1. The van der Waals surface area contributed by atoms with Crippen LogP contribution in [0.5, 0.6) is 5.75 Å². The molecule has 0 atom stereocenters. The van der Waals surface area contributed by atoms with Gasteiger partial charge >= 0.3 is 0 Å².